The van der Waals surface area contributed by atoms with Gasteiger partial charge in [-0.3, -0.25) is 0 Å². The van der Waals surface area contributed by atoms with Gasteiger partial charge in [0.15, 0.2) is 0 Å². The molecule has 0 saturated heterocycles. The molecule has 0 aliphatic heterocycles. The van der Waals surface area contributed by atoms with Gasteiger partial charge in [-0.2, -0.15) is 0 Å². The summed E-state index contributed by atoms with van der Waals surface area (Å²) in [6.45, 7) is 2.87. The molecule has 5 heavy (non-hydrogen) atoms. The van der Waals surface area contributed by atoms with Gasteiger partial charge in [0.2, 0.25) is 0 Å². The molecule has 0 amide bonds. The Morgan fingerprint density at radius 1 is 1.80 bits per heavy atom. The zero-order chi connectivity index (χ0) is 3.41. The predicted molar refractivity (Wildman–Crippen MR) is 27.3 cm³/mol. The van der Waals surface area contributed by atoms with E-state index in [1.54, 1.807) is 0 Å². The van der Waals surface area contributed by atoms with Crippen LogP contribution in [-0.4, -0.2) is 25.5 Å². The fourth-order valence-corrected chi connectivity index (χ4v) is 0. The molecule has 0 bridgehead atoms. The largest absolute Gasteiger partial charge is 0.428 e. The van der Waals surface area contributed by atoms with Gasteiger partial charge in [-0.05, 0) is 6.92 Å². The van der Waals surface area contributed by atoms with Crippen molar-refractivity contribution in [1.29, 1.82) is 0 Å². The molecule has 0 aliphatic carbocycles. The van der Waals surface area contributed by atoms with Crippen molar-refractivity contribution in [2.45, 2.75) is 6.92 Å². The average Bonchev–Trinajstić information content (AvgIpc) is 1.37. The summed E-state index contributed by atoms with van der Waals surface area (Å²) in [6.07, 6.45) is 0. The normalized spacial score (nSPS) is 6.60. The van der Waals surface area contributed by atoms with Gasteiger partial charge in [-0.15, -0.1) is 0 Å². The smallest absolute Gasteiger partial charge is 0.145 e. The van der Waals surface area contributed by atoms with Crippen molar-refractivity contribution >= 4 is 18.9 Å². The standard InChI is InChI=1S/C2H8OSi.B/c1-2-3-4;/h2H2,1,4H3;. The highest BCUT2D eigenvalue weighted by atomic mass is 28.2. The number of rotatable bonds is 1. The third-order valence-electron chi connectivity index (χ3n) is 0.289. The van der Waals surface area contributed by atoms with Crippen molar-refractivity contribution in [3.63, 3.8) is 0 Å². The summed E-state index contributed by atoms with van der Waals surface area (Å²) in [7, 11) is 0.890. The highest BCUT2D eigenvalue weighted by molar-refractivity contribution is 5.97. The Morgan fingerprint density at radius 3 is 2.00 bits per heavy atom. The first-order chi connectivity index (χ1) is 1.91. The zero-order valence-corrected chi connectivity index (χ0v) is 5.69. The van der Waals surface area contributed by atoms with Crippen molar-refractivity contribution in [3.05, 3.63) is 0 Å². The Labute approximate surface area is 37.8 Å². The second-order valence-corrected chi connectivity index (χ2v) is 1.15. The van der Waals surface area contributed by atoms with Crippen LogP contribution in [0.15, 0.2) is 0 Å². The molecule has 0 aliphatic rings. The lowest BCUT2D eigenvalue weighted by atomic mass is 10.8. The van der Waals surface area contributed by atoms with Crippen LogP contribution in [0.25, 0.3) is 0 Å². The molecule has 29 valence electrons. The van der Waals surface area contributed by atoms with Crippen LogP contribution in [0.2, 0.25) is 0 Å². The summed E-state index contributed by atoms with van der Waals surface area (Å²) in [5, 5.41) is 0. The Balaban J connectivity index is 0. The lowest BCUT2D eigenvalue weighted by molar-refractivity contribution is 0.375. The lowest BCUT2D eigenvalue weighted by Crippen LogP contribution is -1.76. The fourth-order valence-electron chi connectivity index (χ4n) is 0. The van der Waals surface area contributed by atoms with Crippen LogP contribution in [0.5, 0.6) is 0 Å². The summed E-state index contributed by atoms with van der Waals surface area (Å²) >= 11 is 0. The van der Waals surface area contributed by atoms with Gasteiger partial charge in [-0.25, -0.2) is 0 Å². The van der Waals surface area contributed by atoms with E-state index in [-0.39, 0.29) is 8.41 Å². The Hall–Kier alpha value is 0.242. The molecule has 0 aromatic heterocycles. The molecule has 0 spiro atoms. The van der Waals surface area contributed by atoms with Gasteiger partial charge in [0.25, 0.3) is 0 Å². The first kappa shape index (κ1) is 8.97. The maximum atomic E-state index is 4.68. The van der Waals surface area contributed by atoms with Crippen molar-refractivity contribution in [1.82, 2.24) is 0 Å². The second-order valence-electron chi connectivity index (χ2n) is 0.577. The number of hydrogen-bond donors (Lipinski definition) is 0. The molecule has 0 unspecified atom stereocenters. The summed E-state index contributed by atoms with van der Waals surface area (Å²) in [4.78, 5) is 0. The summed E-state index contributed by atoms with van der Waals surface area (Å²) in [6, 6.07) is 0. The van der Waals surface area contributed by atoms with Crippen LogP contribution in [0.1, 0.15) is 6.92 Å². The average molecular weight is 87.0 g/mol. The van der Waals surface area contributed by atoms with Crippen LogP contribution < -0.4 is 0 Å². The maximum absolute atomic E-state index is 4.68. The highest BCUT2D eigenvalue weighted by Crippen LogP contribution is 1.50. The monoisotopic (exact) mass is 87.0 g/mol. The SMILES string of the molecule is CCO[SiH3].[B]. The maximum Gasteiger partial charge on any atom is 0.145 e. The molecule has 0 N–H and O–H groups in total. The van der Waals surface area contributed by atoms with E-state index in [1.165, 1.54) is 0 Å². The van der Waals surface area contributed by atoms with Gasteiger partial charge in [0, 0.05) is 15.0 Å². The molecule has 0 saturated carbocycles. The second kappa shape index (κ2) is 8.87. The Bertz CT molecular complexity index is 11.6. The highest BCUT2D eigenvalue weighted by Gasteiger charge is 1.51. The van der Waals surface area contributed by atoms with E-state index in [9.17, 15) is 0 Å². The van der Waals surface area contributed by atoms with Gasteiger partial charge >= 0.3 is 0 Å². The van der Waals surface area contributed by atoms with E-state index in [1.807, 2.05) is 6.92 Å². The van der Waals surface area contributed by atoms with Crippen molar-refractivity contribution < 1.29 is 4.43 Å². The zero-order valence-electron chi connectivity index (χ0n) is 3.69. The Kier molecular flexibility index (Phi) is 15.9. The molecule has 1 nitrogen and oxygen atoms in total. The Morgan fingerprint density at radius 2 is 2.00 bits per heavy atom. The predicted octanol–water partition coefficient (Wildman–Crippen LogP) is -1.08. The summed E-state index contributed by atoms with van der Waals surface area (Å²) < 4.78 is 4.68. The van der Waals surface area contributed by atoms with E-state index >= 15 is 0 Å². The van der Waals surface area contributed by atoms with Gasteiger partial charge in [0.05, 0.1) is 0 Å². The fraction of sp³-hybridized carbons (Fsp3) is 1.00. The van der Waals surface area contributed by atoms with Crippen molar-refractivity contribution in [2.75, 3.05) is 6.61 Å². The molecule has 3 heteroatoms. The van der Waals surface area contributed by atoms with E-state index in [4.69, 9.17) is 0 Å². The molecule has 3 radical (unpaired) electrons. The van der Waals surface area contributed by atoms with E-state index < -0.39 is 0 Å². The first-order valence-electron chi connectivity index (χ1n) is 1.40. The molecule has 0 heterocycles. The lowest BCUT2D eigenvalue weighted by Gasteiger charge is -1.77. The third-order valence-corrected chi connectivity index (χ3v) is 0.866. The third kappa shape index (κ3) is 13.8. The minimum absolute atomic E-state index is 0. The molecule has 0 fully saturated rings. The van der Waals surface area contributed by atoms with E-state index in [0.717, 1.165) is 17.1 Å². The molecular weight excluding hydrogens is 78.9 g/mol. The van der Waals surface area contributed by atoms with Gasteiger partial charge in [-0.1, -0.05) is 0 Å². The molecule has 0 aromatic rings. The molecular formula is C2H8BOSi. The van der Waals surface area contributed by atoms with Crippen molar-refractivity contribution in [3.8, 4) is 0 Å². The molecule has 0 aromatic carbocycles. The van der Waals surface area contributed by atoms with Crippen LogP contribution >= 0.6 is 0 Å². The minimum atomic E-state index is 0. The van der Waals surface area contributed by atoms with E-state index in [0.29, 0.717) is 0 Å². The molecule has 0 rings (SSSR count). The minimum Gasteiger partial charge on any atom is -0.428 e. The van der Waals surface area contributed by atoms with Crippen LogP contribution in [-0.2, 0) is 4.43 Å². The number of hydrogen-bond acceptors (Lipinski definition) is 1. The van der Waals surface area contributed by atoms with E-state index in [2.05, 4.69) is 4.43 Å². The van der Waals surface area contributed by atoms with Crippen LogP contribution in [0.4, 0.5) is 0 Å². The van der Waals surface area contributed by atoms with Crippen LogP contribution in [0, 0.1) is 0 Å². The topological polar surface area (TPSA) is 9.23 Å². The van der Waals surface area contributed by atoms with Gasteiger partial charge in [0.1, 0.15) is 10.5 Å². The van der Waals surface area contributed by atoms with Crippen molar-refractivity contribution in [2.24, 2.45) is 0 Å². The van der Waals surface area contributed by atoms with Gasteiger partial charge < -0.3 is 4.43 Å². The first-order valence-corrected chi connectivity index (χ1v) is 2.22. The summed E-state index contributed by atoms with van der Waals surface area (Å²) in [5.41, 5.74) is 0. The van der Waals surface area contributed by atoms with Crippen LogP contribution in [0.3, 0.4) is 0 Å². The summed E-state index contributed by atoms with van der Waals surface area (Å²) in [5.74, 6) is 0. The molecule has 0 atom stereocenters. The quantitative estimate of drug-likeness (QED) is 0.370.